The number of fused-ring (bicyclic) bond motifs is 7. The summed E-state index contributed by atoms with van der Waals surface area (Å²) >= 11 is 0. The predicted octanol–water partition coefficient (Wildman–Crippen LogP) is 15.2. The van der Waals surface area contributed by atoms with Gasteiger partial charge in [0.25, 0.3) is 0 Å². The number of para-hydroxylation sites is 1. The van der Waals surface area contributed by atoms with Gasteiger partial charge in [-0.25, -0.2) is 15.0 Å². The Morgan fingerprint density at radius 1 is 0.279 bits per heavy atom. The third kappa shape index (κ3) is 5.88. The maximum atomic E-state index is 6.95. The first kappa shape index (κ1) is 34.8. The molecule has 10 aromatic carbocycles. The van der Waals surface area contributed by atoms with Gasteiger partial charge in [0, 0.05) is 33.0 Å². The van der Waals surface area contributed by atoms with Crippen LogP contribution in [0.3, 0.4) is 0 Å². The number of rotatable bonds is 6. The quantitative estimate of drug-likeness (QED) is 0.169. The Hall–Kier alpha value is -8.21. The molecule has 0 aliphatic carbocycles. The minimum Gasteiger partial charge on any atom is -0.455 e. The highest BCUT2D eigenvalue weighted by Gasteiger charge is 2.21. The second-order valence-electron chi connectivity index (χ2n) is 15.5. The summed E-state index contributed by atoms with van der Waals surface area (Å²) in [6.07, 6.45) is 0. The van der Waals surface area contributed by atoms with Crippen molar-refractivity contribution in [3.05, 3.63) is 212 Å². The maximum Gasteiger partial charge on any atom is 0.164 e. The van der Waals surface area contributed by atoms with Crippen LogP contribution in [0.1, 0.15) is 0 Å². The summed E-state index contributed by atoms with van der Waals surface area (Å²) in [4.78, 5) is 15.7. The van der Waals surface area contributed by atoms with Crippen LogP contribution in [0.2, 0.25) is 0 Å². The lowest BCUT2D eigenvalue weighted by Gasteiger charge is -2.14. The molecule has 2 heterocycles. The molecule has 0 radical (unpaired) electrons. The van der Waals surface area contributed by atoms with Gasteiger partial charge in [0.2, 0.25) is 0 Å². The number of hydrogen-bond donors (Lipinski definition) is 0. The molecule has 12 rings (SSSR count). The van der Waals surface area contributed by atoms with E-state index in [4.69, 9.17) is 19.4 Å². The fourth-order valence-corrected chi connectivity index (χ4v) is 9.08. The fraction of sp³-hybridized carbons (Fsp3) is 0. The van der Waals surface area contributed by atoms with Gasteiger partial charge in [0.15, 0.2) is 17.5 Å². The van der Waals surface area contributed by atoms with Gasteiger partial charge in [-0.2, -0.15) is 0 Å². The lowest BCUT2D eigenvalue weighted by molar-refractivity contribution is 0.670. The van der Waals surface area contributed by atoms with Crippen LogP contribution in [-0.2, 0) is 0 Å². The SMILES string of the molecule is c1ccc(-c2nc(-c3ccc(-c4ccccc4)c4ccccc34)nc(-c3cc4oc5c(-c6ccc(-c7cccc8ccccc78)cc6)cccc5c4c4ccccc34)n2)cc1. The van der Waals surface area contributed by atoms with Gasteiger partial charge in [-0.15, -0.1) is 0 Å². The minimum absolute atomic E-state index is 0.586. The summed E-state index contributed by atoms with van der Waals surface area (Å²) in [6.45, 7) is 0. The molecular weight excluding hydrogens is 743 g/mol. The highest BCUT2D eigenvalue weighted by molar-refractivity contribution is 6.23. The zero-order valence-corrected chi connectivity index (χ0v) is 33.0. The van der Waals surface area contributed by atoms with Crippen LogP contribution in [0.15, 0.2) is 217 Å². The second kappa shape index (κ2) is 14.3. The van der Waals surface area contributed by atoms with Crippen LogP contribution in [0, 0.1) is 0 Å². The van der Waals surface area contributed by atoms with Gasteiger partial charge in [0.1, 0.15) is 11.2 Å². The molecule has 2 aromatic heterocycles. The molecule has 4 heteroatoms. The van der Waals surface area contributed by atoms with Gasteiger partial charge in [-0.05, 0) is 72.3 Å². The van der Waals surface area contributed by atoms with Crippen molar-refractivity contribution in [3.8, 4) is 67.5 Å². The highest BCUT2D eigenvalue weighted by atomic mass is 16.3. The van der Waals surface area contributed by atoms with Crippen molar-refractivity contribution < 1.29 is 4.42 Å². The molecule has 0 fully saturated rings. The Balaban J connectivity index is 1.04. The van der Waals surface area contributed by atoms with Crippen LogP contribution in [0.25, 0.3) is 122 Å². The van der Waals surface area contributed by atoms with Gasteiger partial charge in [-0.3, -0.25) is 0 Å². The van der Waals surface area contributed by atoms with Crippen molar-refractivity contribution >= 4 is 54.3 Å². The molecule has 0 amide bonds. The molecule has 0 bridgehead atoms. The van der Waals surface area contributed by atoms with Crippen molar-refractivity contribution in [1.29, 1.82) is 0 Å². The van der Waals surface area contributed by atoms with E-state index in [0.29, 0.717) is 17.5 Å². The Morgan fingerprint density at radius 2 is 0.738 bits per heavy atom. The van der Waals surface area contributed by atoms with Gasteiger partial charge < -0.3 is 4.42 Å². The molecule has 0 atom stereocenters. The van der Waals surface area contributed by atoms with Crippen molar-refractivity contribution in [2.75, 3.05) is 0 Å². The standard InChI is InChI=1S/C57H35N3O/c1-3-15-36(16-4-1)43-33-34-49(46-23-10-9-22-45(43)46)56-58-55(40-18-5-2-6-19-40)59-57(60-56)51-35-52-53(48-25-12-11-24-47(48)51)50-28-14-27-44(54(50)61-52)39-31-29-38(30-32-39)42-26-13-20-37-17-7-8-21-41(37)42/h1-35H. The number of nitrogens with zero attached hydrogens (tertiary/aromatic N) is 3. The lowest BCUT2D eigenvalue weighted by Crippen LogP contribution is -2.01. The van der Waals surface area contributed by atoms with Crippen molar-refractivity contribution in [2.24, 2.45) is 0 Å². The Labute approximate surface area is 352 Å². The molecule has 0 unspecified atom stereocenters. The summed E-state index contributed by atoms with van der Waals surface area (Å²) in [5.41, 5.74) is 11.3. The van der Waals surface area contributed by atoms with E-state index in [-0.39, 0.29) is 0 Å². The van der Waals surface area contributed by atoms with Crippen LogP contribution >= 0.6 is 0 Å². The summed E-state index contributed by atoms with van der Waals surface area (Å²) in [5.74, 6) is 1.81. The van der Waals surface area contributed by atoms with Crippen LogP contribution < -0.4 is 0 Å². The number of benzene rings is 10. The molecule has 0 aliphatic heterocycles. The number of furan rings is 1. The molecule has 0 aliphatic rings. The zero-order valence-electron chi connectivity index (χ0n) is 33.0. The Bertz CT molecular complexity index is 3630. The van der Waals surface area contributed by atoms with E-state index in [1.807, 2.05) is 18.2 Å². The maximum absolute atomic E-state index is 6.95. The summed E-state index contributed by atoms with van der Waals surface area (Å²) in [6, 6.07) is 74.5. The van der Waals surface area contributed by atoms with E-state index in [2.05, 4.69) is 194 Å². The number of aromatic nitrogens is 3. The van der Waals surface area contributed by atoms with Crippen molar-refractivity contribution in [1.82, 2.24) is 15.0 Å². The van der Waals surface area contributed by atoms with Crippen LogP contribution in [0.5, 0.6) is 0 Å². The minimum atomic E-state index is 0.586. The normalized spacial score (nSPS) is 11.6. The Kier molecular flexibility index (Phi) is 8.13. The van der Waals surface area contributed by atoms with Gasteiger partial charge in [-0.1, -0.05) is 200 Å². The first-order valence-electron chi connectivity index (χ1n) is 20.6. The molecule has 0 N–H and O–H groups in total. The van der Waals surface area contributed by atoms with Gasteiger partial charge in [0.05, 0.1) is 0 Å². The molecule has 0 spiro atoms. The molecule has 61 heavy (non-hydrogen) atoms. The summed E-state index contributed by atoms with van der Waals surface area (Å²) < 4.78 is 6.95. The smallest absolute Gasteiger partial charge is 0.164 e. The molecule has 12 aromatic rings. The van der Waals surface area contributed by atoms with Crippen LogP contribution in [-0.4, -0.2) is 15.0 Å². The third-order valence-electron chi connectivity index (χ3n) is 12.0. The molecular formula is C57H35N3O. The van der Waals surface area contributed by atoms with Gasteiger partial charge >= 0.3 is 0 Å². The predicted molar refractivity (Wildman–Crippen MR) is 252 cm³/mol. The fourth-order valence-electron chi connectivity index (χ4n) is 9.08. The monoisotopic (exact) mass is 777 g/mol. The van der Waals surface area contributed by atoms with Crippen molar-refractivity contribution in [3.63, 3.8) is 0 Å². The summed E-state index contributed by atoms with van der Waals surface area (Å²) in [5, 5.41) is 8.97. The van der Waals surface area contributed by atoms with E-state index in [1.54, 1.807) is 0 Å². The molecule has 4 nitrogen and oxygen atoms in total. The molecule has 284 valence electrons. The van der Waals surface area contributed by atoms with E-state index < -0.39 is 0 Å². The average Bonchev–Trinajstić information content (AvgIpc) is 3.73. The molecule has 0 saturated carbocycles. The van der Waals surface area contributed by atoms with E-state index in [0.717, 1.165) is 71.3 Å². The Morgan fingerprint density at radius 3 is 1.48 bits per heavy atom. The first-order valence-corrected chi connectivity index (χ1v) is 20.6. The van der Waals surface area contributed by atoms with Crippen molar-refractivity contribution in [2.45, 2.75) is 0 Å². The van der Waals surface area contributed by atoms with Crippen LogP contribution in [0.4, 0.5) is 0 Å². The lowest BCUT2D eigenvalue weighted by atomic mass is 9.94. The van der Waals surface area contributed by atoms with E-state index >= 15 is 0 Å². The highest BCUT2D eigenvalue weighted by Crippen LogP contribution is 2.43. The topological polar surface area (TPSA) is 51.8 Å². The average molecular weight is 778 g/mol. The van der Waals surface area contributed by atoms with E-state index in [1.165, 1.54) is 33.0 Å². The zero-order chi connectivity index (χ0) is 40.3. The van der Waals surface area contributed by atoms with E-state index in [9.17, 15) is 0 Å². The third-order valence-corrected chi connectivity index (χ3v) is 12.0. The summed E-state index contributed by atoms with van der Waals surface area (Å²) in [7, 11) is 0. The largest absolute Gasteiger partial charge is 0.455 e. The number of hydrogen-bond acceptors (Lipinski definition) is 4. The second-order valence-corrected chi connectivity index (χ2v) is 15.5. The first-order chi connectivity index (χ1) is 30.2. The molecule has 0 saturated heterocycles.